The highest BCUT2D eigenvalue weighted by Crippen LogP contribution is 2.22. The van der Waals surface area contributed by atoms with E-state index in [1.54, 1.807) is 0 Å². The highest BCUT2D eigenvalue weighted by atomic mass is 16.5. The molecule has 1 aliphatic rings. The SMILES string of the molecule is CCCNC(C)(CN1CCCCCC1CC)C(=O)OC. The molecule has 2 unspecified atom stereocenters. The standard InChI is InChI=1S/C16H32N2O2/c1-5-11-17-16(3,15(19)20-4)13-18-12-9-7-8-10-14(18)6-2/h14,17H,5-13H2,1-4H3. The number of rotatable bonds is 7. The van der Waals surface area contributed by atoms with E-state index in [1.165, 1.54) is 32.8 Å². The third-order valence-electron chi connectivity index (χ3n) is 4.39. The first kappa shape index (κ1) is 17.4. The first-order valence-electron chi connectivity index (χ1n) is 8.14. The summed E-state index contributed by atoms with van der Waals surface area (Å²) >= 11 is 0. The number of carbonyl (C=O) groups is 1. The minimum Gasteiger partial charge on any atom is -0.468 e. The van der Waals surface area contributed by atoms with Gasteiger partial charge in [-0.05, 0) is 45.7 Å². The van der Waals surface area contributed by atoms with Crippen LogP contribution in [0.15, 0.2) is 0 Å². The van der Waals surface area contributed by atoms with Gasteiger partial charge in [0.2, 0.25) is 0 Å². The van der Waals surface area contributed by atoms with Crippen LogP contribution in [-0.2, 0) is 9.53 Å². The topological polar surface area (TPSA) is 41.6 Å². The molecule has 0 aromatic rings. The van der Waals surface area contributed by atoms with Gasteiger partial charge in [0.1, 0.15) is 5.54 Å². The number of methoxy groups -OCH3 is 1. The highest BCUT2D eigenvalue weighted by molar-refractivity contribution is 5.80. The largest absolute Gasteiger partial charge is 0.468 e. The lowest BCUT2D eigenvalue weighted by Crippen LogP contribution is -2.59. The van der Waals surface area contributed by atoms with Crippen molar-refractivity contribution in [1.29, 1.82) is 0 Å². The van der Waals surface area contributed by atoms with Crippen LogP contribution in [0.25, 0.3) is 0 Å². The second-order valence-electron chi connectivity index (χ2n) is 6.13. The van der Waals surface area contributed by atoms with E-state index in [4.69, 9.17) is 4.74 Å². The fourth-order valence-corrected chi connectivity index (χ4v) is 3.13. The van der Waals surface area contributed by atoms with E-state index in [-0.39, 0.29) is 5.97 Å². The molecule has 0 aromatic heterocycles. The van der Waals surface area contributed by atoms with Crippen molar-refractivity contribution in [1.82, 2.24) is 10.2 Å². The van der Waals surface area contributed by atoms with Crippen LogP contribution < -0.4 is 5.32 Å². The van der Waals surface area contributed by atoms with Gasteiger partial charge in [-0.25, -0.2) is 0 Å². The van der Waals surface area contributed by atoms with Gasteiger partial charge < -0.3 is 10.1 Å². The van der Waals surface area contributed by atoms with Crippen LogP contribution in [-0.4, -0.2) is 49.2 Å². The Kier molecular flexibility index (Phi) is 7.52. The number of carbonyl (C=O) groups excluding carboxylic acids is 1. The quantitative estimate of drug-likeness (QED) is 0.730. The van der Waals surface area contributed by atoms with Crippen molar-refractivity contribution in [2.45, 2.75) is 70.9 Å². The molecule has 118 valence electrons. The maximum atomic E-state index is 12.2. The summed E-state index contributed by atoms with van der Waals surface area (Å²) in [6, 6.07) is 0.602. The lowest BCUT2D eigenvalue weighted by molar-refractivity contribution is -0.149. The second-order valence-corrected chi connectivity index (χ2v) is 6.13. The van der Waals surface area contributed by atoms with Gasteiger partial charge in [-0.15, -0.1) is 0 Å². The fraction of sp³-hybridized carbons (Fsp3) is 0.938. The Labute approximate surface area is 124 Å². The van der Waals surface area contributed by atoms with Crippen molar-refractivity contribution < 1.29 is 9.53 Å². The molecule has 0 spiro atoms. The van der Waals surface area contributed by atoms with E-state index in [0.29, 0.717) is 6.04 Å². The number of nitrogens with one attached hydrogen (secondary N) is 1. The van der Waals surface area contributed by atoms with Crippen LogP contribution in [0, 0.1) is 0 Å². The van der Waals surface area contributed by atoms with Gasteiger partial charge in [0.25, 0.3) is 0 Å². The molecule has 1 rings (SSSR count). The minimum absolute atomic E-state index is 0.148. The summed E-state index contributed by atoms with van der Waals surface area (Å²) in [5.41, 5.74) is -0.595. The summed E-state index contributed by atoms with van der Waals surface area (Å²) < 4.78 is 5.03. The number of esters is 1. The van der Waals surface area contributed by atoms with Gasteiger partial charge in [-0.1, -0.05) is 26.7 Å². The Morgan fingerprint density at radius 1 is 1.35 bits per heavy atom. The highest BCUT2D eigenvalue weighted by Gasteiger charge is 2.37. The van der Waals surface area contributed by atoms with E-state index in [1.807, 2.05) is 6.92 Å². The molecule has 1 N–H and O–H groups in total. The molecule has 1 aliphatic heterocycles. The number of ether oxygens (including phenoxy) is 1. The predicted molar refractivity (Wildman–Crippen MR) is 82.8 cm³/mol. The Hall–Kier alpha value is -0.610. The maximum Gasteiger partial charge on any atom is 0.327 e. The van der Waals surface area contributed by atoms with Crippen LogP contribution in [0.3, 0.4) is 0 Å². The van der Waals surface area contributed by atoms with Gasteiger partial charge in [0, 0.05) is 12.6 Å². The Morgan fingerprint density at radius 2 is 2.10 bits per heavy atom. The molecule has 1 saturated heterocycles. The van der Waals surface area contributed by atoms with Crippen molar-refractivity contribution in [2.75, 3.05) is 26.7 Å². The summed E-state index contributed by atoms with van der Waals surface area (Å²) in [7, 11) is 1.48. The van der Waals surface area contributed by atoms with Crippen molar-refractivity contribution >= 4 is 5.97 Å². The predicted octanol–water partition coefficient (Wildman–Crippen LogP) is 2.57. The van der Waals surface area contributed by atoms with Gasteiger partial charge >= 0.3 is 5.97 Å². The van der Waals surface area contributed by atoms with Crippen molar-refractivity contribution in [2.24, 2.45) is 0 Å². The zero-order chi connectivity index (χ0) is 15.0. The molecule has 0 saturated carbocycles. The summed E-state index contributed by atoms with van der Waals surface area (Å²) in [6.07, 6.45) is 7.29. The monoisotopic (exact) mass is 284 g/mol. The summed E-state index contributed by atoms with van der Waals surface area (Å²) in [6.45, 7) is 9.03. The summed E-state index contributed by atoms with van der Waals surface area (Å²) in [4.78, 5) is 14.7. The Morgan fingerprint density at radius 3 is 2.70 bits per heavy atom. The lowest BCUT2D eigenvalue weighted by Gasteiger charge is -2.37. The average molecular weight is 284 g/mol. The van der Waals surface area contributed by atoms with Crippen LogP contribution in [0.4, 0.5) is 0 Å². The zero-order valence-electron chi connectivity index (χ0n) is 13.7. The summed E-state index contributed by atoms with van der Waals surface area (Å²) in [5.74, 6) is -0.148. The molecule has 0 radical (unpaired) electrons. The second kappa shape index (κ2) is 8.63. The van der Waals surface area contributed by atoms with Crippen molar-refractivity contribution in [3.63, 3.8) is 0 Å². The van der Waals surface area contributed by atoms with E-state index >= 15 is 0 Å². The first-order valence-corrected chi connectivity index (χ1v) is 8.14. The third-order valence-corrected chi connectivity index (χ3v) is 4.39. The first-order chi connectivity index (χ1) is 9.57. The van der Waals surface area contributed by atoms with Gasteiger partial charge in [-0.2, -0.15) is 0 Å². The molecule has 0 aliphatic carbocycles. The molecule has 1 heterocycles. The smallest absolute Gasteiger partial charge is 0.327 e. The fourth-order valence-electron chi connectivity index (χ4n) is 3.13. The van der Waals surface area contributed by atoms with Crippen molar-refractivity contribution in [3.05, 3.63) is 0 Å². The van der Waals surface area contributed by atoms with E-state index in [0.717, 1.165) is 32.5 Å². The molecule has 0 amide bonds. The number of likely N-dealkylation sites (tertiary alicyclic amines) is 1. The van der Waals surface area contributed by atoms with Crippen LogP contribution in [0.5, 0.6) is 0 Å². The van der Waals surface area contributed by atoms with Gasteiger partial charge in [0.05, 0.1) is 7.11 Å². The molecule has 2 atom stereocenters. The molecular weight excluding hydrogens is 252 g/mol. The molecule has 1 fully saturated rings. The Balaban J connectivity index is 2.77. The van der Waals surface area contributed by atoms with E-state index in [9.17, 15) is 4.79 Å². The van der Waals surface area contributed by atoms with Crippen LogP contribution >= 0.6 is 0 Å². The van der Waals surface area contributed by atoms with Gasteiger partial charge in [0.15, 0.2) is 0 Å². The Bertz CT molecular complexity index is 296. The molecule has 4 heteroatoms. The van der Waals surface area contributed by atoms with Crippen molar-refractivity contribution in [3.8, 4) is 0 Å². The summed E-state index contributed by atoms with van der Waals surface area (Å²) in [5, 5.41) is 3.39. The third kappa shape index (κ3) is 4.74. The number of hydrogen-bond donors (Lipinski definition) is 1. The lowest BCUT2D eigenvalue weighted by atomic mass is 9.99. The molecule has 0 aromatic carbocycles. The molecule has 4 nitrogen and oxygen atoms in total. The zero-order valence-corrected chi connectivity index (χ0v) is 13.7. The van der Waals surface area contributed by atoms with Crippen LogP contribution in [0.2, 0.25) is 0 Å². The average Bonchev–Trinajstić information content (AvgIpc) is 2.69. The minimum atomic E-state index is -0.595. The maximum absolute atomic E-state index is 12.2. The van der Waals surface area contributed by atoms with E-state index in [2.05, 4.69) is 24.1 Å². The molecule has 0 bridgehead atoms. The van der Waals surface area contributed by atoms with Crippen LogP contribution in [0.1, 0.15) is 59.3 Å². The molecule has 20 heavy (non-hydrogen) atoms. The number of nitrogens with zero attached hydrogens (tertiary/aromatic N) is 1. The number of hydrogen-bond acceptors (Lipinski definition) is 4. The normalized spacial score (nSPS) is 23.9. The molecular formula is C16H32N2O2. The van der Waals surface area contributed by atoms with E-state index < -0.39 is 5.54 Å². The van der Waals surface area contributed by atoms with Gasteiger partial charge in [-0.3, -0.25) is 9.69 Å².